The molecule has 0 atom stereocenters. The van der Waals surface area contributed by atoms with Crippen LogP contribution in [-0.4, -0.2) is 15.3 Å². The number of halogens is 1. The average Bonchev–Trinajstić information content (AvgIpc) is 3.02. The predicted molar refractivity (Wildman–Crippen MR) is 126 cm³/mol. The van der Waals surface area contributed by atoms with Crippen molar-refractivity contribution < 1.29 is 9.53 Å². The minimum absolute atomic E-state index is 0.204. The molecule has 1 heterocycles. The number of hydrogen-bond acceptors (Lipinski definition) is 3. The summed E-state index contributed by atoms with van der Waals surface area (Å²) in [6.45, 7) is 2.08. The summed E-state index contributed by atoms with van der Waals surface area (Å²) in [5.74, 6) is -0.0886. The van der Waals surface area contributed by atoms with Crippen molar-refractivity contribution >= 4 is 23.2 Å². The molecule has 0 saturated heterocycles. The molecule has 0 unspecified atom stereocenters. The summed E-state index contributed by atoms with van der Waals surface area (Å²) >= 11 is 6.15. The largest absolute Gasteiger partial charge is 0.488 e. The van der Waals surface area contributed by atoms with E-state index in [0.717, 1.165) is 5.56 Å². The van der Waals surface area contributed by atoms with Gasteiger partial charge in [-0.1, -0.05) is 60.1 Å². The van der Waals surface area contributed by atoms with Crippen LogP contribution in [0.1, 0.15) is 21.6 Å². The lowest BCUT2D eigenvalue weighted by Gasteiger charge is -2.12. The predicted octanol–water partition coefficient (Wildman–Crippen LogP) is 4.97. The van der Waals surface area contributed by atoms with Gasteiger partial charge in [-0.15, -0.1) is 0 Å². The molecule has 4 rings (SSSR count). The number of nitrogens with one attached hydrogen (secondary N) is 1. The molecule has 0 radical (unpaired) electrons. The molecule has 32 heavy (non-hydrogen) atoms. The van der Waals surface area contributed by atoms with E-state index in [2.05, 4.69) is 5.32 Å². The number of carbonyl (C=O) groups excluding carboxylic acids is 1. The molecule has 0 aliphatic rings. The molecule has 1 aromatic heterocycles. The summed E-state index contributed by atoms with van der Waals surface area (Å²) in [4.78, 5) is 26.3. The van der Waals surface area contributed by atoms with Gasteiger partial charge in [-0.2, -0.15) is 0 Å². The summed E-state index contributed by atoms with van der Waals surface area (Å²) < 4.78 is 9.10. The van der Waals surface area contributed by atoms with E-state index in [9.17, 15) is 9.59 Å². The van der Waals surface area contributed by atoms with Gasteiger partial charge >= 0.3 is 0 Å². The van der Waals surface area contributed by atoms with E-state index in [-0.39, 0.29) is 16.8 Å². The molecular formula is C25H22ClN3O3. The average molecular weight is 448 g/mol. The second-order valence-electron chi connectivity index (χ2n) is 7.31. The maximum Gasteiger partial charge on any atom is 0.295 e. The molecule has 6 nitrogen and oxygen atoms in total. The summed E-state index contributed by atoms with van der Waals surface area (Å²) in [6.07, 6.45) is 0. The first-order chi connectivity index (χ1) is 15.5. The third-order valence-corrected chi connectivity index (χ3v) is 5.45. The highest BCUT2D eigenvalue weighted by molar-refractivity contribution is 6.31. The molecule has 0 aliphatic heterocycles. The maximum absolute atomic E-state index is 13.2. The zero-order valence-corrected chi connectivity index (χ0v) is 18.5. The Labute approximate surface area is 190 Å². The second-order valence-corrected chi connectivity index (χ2v) is 7.74. The Balaban J connectivity index is 1.64. The molecule has 0 bridgehead atoms. The van der Waals surface area contributed by atoms with Crippen molar-refractivity contribution in [2.45, 2.75) is 13.5 Å². The van der Waals surface area contributed by atoms with Gasteiger partial charge < -0.3 is 10.1 Å². The summed E-state index contributed by atoms with van der Waals surface area (Å²) in [5.41, 5.74) is 2.44. The zero-order valence-electron chi connectivity index (χ0n) is 17.7. The Kier molecular flexibility index (Phi) is 6.14. The summed E-state index contributed by atoms with van der Waals surface area (Å²) in [6, 6.07) is 23.7. The zero-order chi connectivity index (χ0) is 22.7. The van der Waals surface area contributed by atoms with Gasteiger partial charge in [-0.05, 0) is 42.8 Å². The first-order valence-corrected chi connectivity index (χ1v) is 10.4. The normalized spacial score (nSPS) is 10.7. The fourth-order valence-electron chi connectivity index (χ4n) is 3.43. The number of ether oxygens (including phenoxy) is 1. The molecule has 0 aliphatic carbocycles. The molecule has 4 aromatic rings. The SMILES string of the molecule is Cc1c(NC(=O)c2cc(Cl)ccc2OCc2ccccc2)c(=O)n(-c2ccccc2)n1C. The number of para-hydroxylation sites is 1. The van der Waals surface area contributed by atoms with Crippen LogP contribution in [0.3, 0.4) is 0 Å². The van der Waals surface area contributed by atoms with Gasteiger partial charge in [0.05, 0.1) is 16.9 Å². The van der Waals surface area contributed by atoms with E-state index in [1.54, 1.807) is 30.8 Å². The second kappa shape index (κ2) is 9.16. The molecule has 1 amide bonds. The fraction of sp³-hybridized carbons (Fsp3) is 0.120. The number of hydrogen-bond donors (Lipinski definition) is 1. The first-order valence-electron chi connectivity index (χ1n) is 10.1. The molecule has 7 heteroatoms. The lowest BCUT2D eigenvalue weighted by Crippen LogP contribution is -2.23. The van der Waals surface area contributed by atoms with Crippen LogP contribution >= 0.6 is 11.6 Å². The minimum Gasteiger partial charge on any atom is -0.488 e. The number of aromatic nitrogens is 2. The van der Waals surface area contributed by atoms with E-state index in [1.165, 1.54) is 10.7 Å². The van der Waals surface area contributed by atoms with E-state index in [4.69, 9.17) is 16.3 Å². The van der Waals surface area contributed by atoms with E-state index < -0.39 is 5.91 Å². The molecule has 0 spiro atoms. The van der Waals surface area contributed by atoms with Crippen molar-refractivity contribution in [3.05, 3.63) is 111 Å². The minimum atomic E-state index is -0.471. The number of carbonyl (C=O) groups is 1. The highest BCUT2D eigenvalue weighted by Crippen LogP contribution is 2.25. The first kappa shape index (κ1) is 21.5. The fourth-order valence-corrected chi connectivity index (χ4v) is 3.61. The molecule has 162 valence electrons. The molecule has 1 N–H and O–H groups in total. The van der Waals surface area contributed by atoms with Gasteiger partial charge in [0.2, 0.25) is 0 Å². The van der Waals surface area contributed by atoms with Crippen LogP contribution in [0.2, 0.25) is 5.02 Å². The van der Waals surface area contributed by atoms with Gasteiger partial charge in [0, 0.05) is 12.1 Å². The van der Waals surface area contributed by atoms with Crippen LogP contribution in [0.4, 0.5) is 5.69 Å². The third kappa shape index (κ3) is 4.31. The van der Waals surface area contributed by atoms with Crippen molar-refractivity contribution in [1.82, 2.24) is 9.36 Å². The number of nitrogens with zero attached hydrogens (tertiary/aromatic N) is 2. The smallest absolute Gasteiger partial charge is 0.295 e. The Morgan fingerprint density at radius 3 is 2.34 bits per heavy atom. The number of anilines is 1. The van der Waals surface area contributed by atoms with Crippen LogP contribution in [0.15, 0.2) is 83.7 Å². The van der Waals surface area contributed by atoms with E-state index >= 15 is 0 Å². The molecular weight excluding hydrogens is 426 g/mol. The van der Waals surface area contributed by atoms with Crippen LogP contribution < -0.4 is 15.6 Å². The van der Waals surface area contributed by atoms with Crippen molar-refractivity contribution in [3.8, 4) is 11.4 Å². The van der Waals surface area contributed by atoms with Crippen LogP contribution in [0.5, 0.6) is 5.75 Å². The topological polar surface area (TPSA) is 65.3 Å². The van der Waals surface area contributed by atoms with Gasteiger partial charge in [-0.3, -0.25) is 14.3 Å². The Bertz CT molecular complexity index is 1310. The van der Waals surface area contributed by atoms with Crippen LogP contribution in [0, 0.1) is 6.92 Å². The van der Waals surface area contributed by atoms with E-state index in [0.29, 0.717) is 28.8 Å². The molecule has 0 fully saturated rings. The van der Waals surface area contributed by atoms with Crippen LogP contribution in [-0.2, 0) is 13.7 Å². The highest BCUT2D eigenvalue weighted by atomic mass is 35.5. The van der Waals surface area contributed by atoms with Crippen LogP contribution in [0.25, 0.3) is 5.69 Å². The lowest BCUT2D eigenvalue weighted by atomic mass is 10.1. The standard InChI is InChI=1S/C25H22ClN3O3/c1-17-23(25(31)29(28(17)2)20-11-7-4-8-12-20)27-24(30)21-15-19(26)13-14-22(21)32-16-18-9-5-3-6-10-18/h3-15H,16H2,1-2H3,(H,27,30). The van der Waals surface area contributed by atoms with Gasteiger partial charge in [-0.25, -0.2) is 4.68 Å². The lowest BCUT2D eigenvalue weighted by molar-refractivity contribution is 0.102. The third-order valence-electron chi connectivity index (χ3n) is 5.22. The Hall–Kier alpha value is -3.77. The molecule has 0 saturated carbocycles. The Morgan fingerprint density at radius 2 is 1.66 bits per heavy atom. The van der Waals surface area contributed by atoms with Gasteiger partial charge in [0.25, 0.3) is 11.5 Å². The van der Waals surface area contributed by atoms with Crippen molar-refractivity contribution in [1.29, 1.82) is 0 Å². The Morgan fingerprint density at radius 1 is 1.00 bits per heavy atom. The maximum atomic E-state index is 13.2. The molecule has 3 aromatic carbocycles. The summed E-state index contributed by atoms with van der Waals surface area (Å²) in [7, 11) is 1.77. The number of benzene rings is 3. The van der Waals surface area contributed by atoms with Gasteiger partial charge in [0.1, 0.15) is 18.0 Å². The van der Waals surface area contributed by atoms with Crippen molar-refractivity contribution in [3.63, 3.8) is 0 Å². The number of rotatable bonds is 6. The number of amides is 1. The quantitative estimate of drug-likeness (QED) is 0.454. The van der Waals surface area contributed by atoms with Gasteiger partial charge in [0.15, 0.2) is 0 Å². The van der Waals surface area contributed by atoms with E-state index in [1.807, 2.05) is 60.7 Å². The van der Waals surface area contributed by atoms with Crippen molar-refractivity contribution in [2.75, 3.05) is 5.32 Å². The monoisotopic (exact) mass is 447 g/mol. The van der Waals surface area contributed by atoms with Crippen molar-refractivity contribution in [2.24, 2.45) is 7.05 Å². The highest BCUT2D eigenvalue weighted by Gasteiger charge is 2.21. The summed E-state index contributed by atoms with van der Waals surface area (Å²) in [5, 5.41) is 3.16.